The predicted molar refractivity (Wildman–Crippen MR) is 63.5 cm³/mol. The van der Waals surface area contributed by atoms with Gasteiger partial charge in [0, 0.05) is 24.9 Å². The molecule has 6 heteroatoms. The number of imide groups is 1. The van der Waals surface area contributed by atoms with Crippen molar-refractivity contribution < 1.29 is 9.59 Å². The summed E-state index contributed by atoms with van der Waals surface area (Å²) in [5, 5.41) is 5.91. The summed E-state index contributed by atoms with van der Waals surface area (Å²) >= 11 is 1.96. The van der Waals surface area contributed by atoms with Gasteiger partial charge in [-0.2, -0.15) is 11.8 Å². The molecule has 3 amide bonds. The number of amides is 3. The van der Waals surface area contributed by atoms with Crippen LogP contribution in [-0.2, 0) is 4.79 Å². The zero-order valence-electron chi connectivity index (χ0n) is 9.20. The van der Waals surface area contributed by atoms with Crippen molar-refractivity contribution in [2.75, 3.05) is 31.1 Å². The van der Waals surface area contributed by atoms with Gasteiger partial charge in [0.1, 0.15) is 0 Å². The van der Waals surface area contributed by atoms with Gasteiger partial charge in [-0.05, 0) is 18.6 Å². The Kier molecular flexibility index (Phi) is 4.06. The molecule has 2 fully saturated rings. The first-order valence-electron chi connectivity index (χ1n) is 5.66. The zero-order valence-corrected chi connectivity index (χ0v) is 10.0. The minimum Gasteiger partial charge on any atom is -0.329 e. The summed E-state index contributed by atoms with van der Waals surface area (Å²) in [6.07, 6.45) is 2.46. The maximum absolute atomic E-state index is 11.3. The van der Waals surface area contributed by atoms with E-state index in [1.807, 2.05) is 11.8 Å². The van der Waals surface area contributed by atoms with Crippen molar-refractivity contribution in [3.05, 3.63) is 0 Å². The summed E-state index contributed by atoms with van der Waals surface area (Å²) in [6, 6.07) is 0.282. The lowest BCUT2D eigenvalue weighted by atomic mass is 10.2. The number of carbonyl (C=O) groups excluding carboxylic acids is 2. The third-order valence-electron chi connectivity index (χ3n) is 2.87. The summed E-state index contributed by atoms with van der Waals surface area (Å²) in [7, 11) is 0. The molecule has 0 aromatic carbocycles. The van der Waals surface area contributed by atoms with Crippen LogP contribution in [-0.4, -0.2) is 54.0 Å². The second-order valence-corrected chi connectivity index (χ2v) is 5.22. The van der Waals surface area contributed by atoms with Gasteiger partial charge in [0.05, 0.1) is 6.54 Å². The van der Waals surface area contributed by atoms with Crippen LogP contribution < -0.4 is 10.6 Å². The van der Waals surface area contributed by atoms with Crippen molar-refractivity contribution >= 4 is 23.7 Å². The van der Waals surface area contributed by atoms with E-state index in [4.69, 9.17) is 0 Å². The Labute approximate surface area is 99.3 Å². The second-order valence-electron chi connectivity index (χ2n) is 4.07. The number of carbonyl (C=O) groups is 2. The van der Waals surface area contributed by atoms with Crippen molar-refractivity contribution in [2.45, 2.75) is 18.9 Å². The van der Waals surface area contributed by atoms with Crippen molar-refractivity contribution in [2.24, 2.45) is 0 Å². The van der Waals surface area contributed by atoms with E-state index in [2.05, 4.69) is 10.6 Å². The van der Waals surface area contributed by atoms with Crippen LogP contribution in [0.2, 0.25) is 0 Å². The van der Waals surface area contributed by atoms with E-state index in [9.17, 15) is 9.59 Å². The maximum atomic E-state index is 11.3. The van der Waals surface area contributed by atoms with E-state index in [1.165, 1.54) is 23.5 Å². The molecule has 0 saturated carbocycles. The van der Waals surface area contributed by atoms with Crippen LogP contribution in [0, 0.1) is 0 Å². The minimum atomic E-state index is -0.259. The Hall–Kier alpha value is -0.750. The van der Waals surface area contributed by atoms with E-state index >= 15 is 0 Å². The van der Waals surface area contributed by atoms with Crippen LogP contribution in [0.3, 0.4) is 0 Å². The number of nitrogens with one attached hydrogen (secondary N) is 2. The monoisotopic (exact) mass is 243 g/mol. The summed E-state index contributed by atoms with van der Waals surface area (Å²) < 4.78 is 0. The average molecular weight is 243 g/mol. The van der Waals surface area contributed by atoms with Gasteiger partial charge in [0.15, 0.2) is 0 Å². The molecule has 2 saturated heterocycles. The third-order valence-corrected chi connectivity index (χ3v) is 4.08. The van der Waals surface area contributed by atoms with Gasteiger partial charge in [-0.1, -0.05) is 0 Å². The summed E-state index contributed by atoms with van der Waals surface area (Å²) in [4.78, 5) is 23.8. The van der Waals surface area contributed by atoms with Crippen LogP contribution in [0.5, 0.6) is 0 Å². The fourth-order valence-corrected chi connectivity index (χ4v) is 3.07. The molecule has 0 aromatic rings. The smallest absolute Gasteiger partial charge is 0.324 e. The highest BCUT2D eigenvalue weighted by molar-refractivity contribution is 7.99. The molecule has 2 aliphatic rings. The number of thioether (sulfide) groups is 1. The fourth-order valence-electron chi connectivity index (χ4n) is 1.96. The highest BCUT2D eigenvalue weighted by atomic mass is 32.2. The molecule has 0 aromatic heterocycles. The first kappa shape index (κ1) is 11.7. The summed E-state index contributed by atoms with van der Waals surface area (Å²) in [5.41, 5.74) is 0. The lowest BCUT2D eigenvalue weighted by molar-refractivity contribution is -0.124. The predicted octanol–water partition coefficient (Wildman–Crippen LogP) is 0.0234. The Bertz CT molecular complexity index is 263. The Morgan fingerprint density at radius 3 is 3.00 bits per heavy atom. The lowest BCUT2D eigenvalue weighted by Crippen LogP contribution is -2.41. The first-order chi connectivity index (χ1) is 7.77. The van der Waals surface area contributed by atoms with Crippen LogP contribution in [0.4, 0.5) is 4.79 Å². The number of hydrogen-bond donors (Lipinski definition) is 2. The Morgan fingerprint density at radius 1 is 1.50 bits per heavy atom. The number of urea groups is 1. The van der Waals surface area contributed by atoms with Crippen LogP contribution in [0.25, 0.3) is 0 Å². The number of hydrogen-bond acceptors (Lipinski definition) is 4. The van der Waals surface area contributed by atoms with Gasteiger partial charge in [0.25, 0.3) is 0 Å². The molecule has 0 aliphatic carbocycles. The van der Waals surface area contributed by atoms with Gasteiger partial charge in [-0.25, -0.2) is 4.79 Å². The van der Waals surface area contributed by atoms with Crippen molar-refractivity contribution in [3.8, 4) is 0 Å². The van der Waals surface area contributed by atoms with Crippen LogP contribution in [0.15, 0.2) is 0 Å². The molecule has 90 valence electrons. The van der Waals surface area contributed by atoms with Crippen molar-refractivity contribution in [3.63, 3.8) is 0 Å². The molecule has 16 heavy (non-hydrogen) atoms. The normalized spacial score (nSPS) is 26.0. The van der Waals surface area contributed by atoms with E-state index in [0.717, 1.165) is 5.75 Å². The largest absolute Gasteiger partial charge is 0.329 e. The molecule has 1 unspecified atom stereocenters. The zero-order chi connectivity index (χ0) is 11.4. The molecule has 0 spiro atoms. The van der Waals surface area contributed by atoms with Crippen LogP contribution >= 0.6 is 11.8 Å². The molecular formula is C10H17N3O2S. The highest BCUT2D eigenvalue weighted by Crippen LogP contribution is 2.16. The quantitative estimate of drug-likeness (QED) is 0.684. The molecule has 1 atom stereocenters. The molecule has 2 heterocycles. The Morgan fingerprint density at radius 2 is 2.38 bits per heavy atom. The van der Waals surface area contributed by atoms with Gasteiger partial charge in [-0.15, -0.1) is 0 Å². The number of rotatable bonds is 4. The molecule has 0 radical (unpaired) electrons. The van der Waals surface area contributed by atoms with Crippen LogP contribution in [0.1, 0.15) is 12.8 Å². The second kappa shape index (κ2) is 5.54. The fraction of sp³-hybridized carbons (Fsp3) is 0.800. The SMILES string of the molecule is O=C1CNC(=O)N1CCNC1CCCSC1. The minimum absolute atomic E-state index is 0.121. The lowest BCUT2D eigenvalue weighted by Gasteiger charge is -2.23. The summed E-state index contributed by atoms with van der Waals surface area (Å²) in [5.74, 6) is 2.27. The molecule has 2 rings (SSSR count). The highest BCUT2D eigenvalue weighted by Gasteiger charge is 2.27. The Balaban J connectivity index is 1.67. The van der Waals surface area contributed by atoms with Gasteiger partial charge < -0.3 is 10.6 Å². The third kappa shape index (κ3) is 2.89. The molecule has 0 bridgehead atoms. The number of nitrogens with zero attached hydrogens (tertiary/aromatic N) is 1. The van der Waals surface area contributed by atoms with Gasteiger partial charge in [-0.3, -0.25) is 9.69 Å². The maximum Gasteiger partial charge on any atom is 0.324 e. The molecule has 2 N–H and O–H groups in total. The van der Waals surface area contributed by atoms with E-state index in [-0.39, 0.29) is 18.5 Å². The average Bonchev–Trinajstić information content (AvgIpc) is 2.62. The molecule has 5 nitrogen and oxygen atoms in total. The summed E-state index contributed by atoms with van der Waals surface area (Å²) in [6.45, 7) is 1.33. The molecule has 2 aliphatic heterocycles. The van der Waals surface area contributed by atoms with Crippen molar-refractivity contribution in [1.29, 1.82) is 0 Å². The standard InChI is InChI=1S/C10H17N3O2S/c14-9-6-12-10(15)13(9)4-3-11-8-2-1-5-16-7-8/h8,11H,1-7H2,(H,12,15). The topological polar surface area (TPSA) is 61.4 Å². The van der Waals surface area contributed by atoms with E-state index in [1.54, 1.807) is 0 Å². The first-order valence-corrected chi connectivity index (χ1v) is 6.82. The van der Waals surface area contributed by atoms with E-state index in [0.29, 0.717) is 19.1 Å². The van der Waals surface area contributed by atoms with E-state index < -0.39 is 0 Å². The van der Waals surface area contributed by atoms with Crippen molar-refractivity contribution in [1.82, 2.24) is 15.5 Å². The molecular weight excluding hydrogens is 226 g/mol. The van der Waals surface area contributed by atoms with Gasteiger partial charge in [0.2, 0.25) is 5.91 Å². The van der Waals surface area contributed by atoms with Gasteiger partial charge >= 0.3 is 6.03 Å².